The predicted octanol–water partition coefficient (Wildman–Crippen LogP) is 2.93. The molecule has 0 atom stereocenters. The van der Waals surface area contributed by atoms with Crippen molar-refractivity contribution < 1.29 is 19.1 Å². The molecule has 2 aromatic carbocycles. The van der Waals surface area contributed by atoms with Crippen LogP contribution in [0.3, 0.4) is 0 Å². The quantitative estimate of drug-likeness (QED) is 0.489. The zero-order chi connectivity index (χ0) is 19.4. The number of thiocarbonyl (C=S) groups is 1. The average Bonchev–Trinajstić information content (AvgIpc) is 2.67. The maximum Gasteiger partial charge on any atom is 0.270 e. The van der Waals surface area contributed by atoms with E-state index in [9.17, 15) is 9.59 Å². The van der Waals surface area contributed by atoms with Crippen LogP contribution in [-0.2, 0) is 9.59 Å². The second-order valence-electron chi connectivity index (χ2n) is 5.64. The Kier molecular flexibility index (Phi) is 5.52. The van der Waals surface area contributed by atoms with E-state index < -0.39 is 11.8 Å². The number of carbonyl (C=O) groups excluding carboxylic acids is 2. The molecule has 1 saturated heterocycles. The fourth-order valence-electron chi connectivity index (χ4n) is 2.68. The lowest BCUT2D eigenvalue weighted by atomic mass is 10.1. The van der Waals surface area contributed by atoms with Crippen molar-refractivity contribution in [2.45, 2.75) is 6.92 Å². The summed E-state index contributed by atoms with van der Waals surface area (Å²) in [6, 6.07) is 14.1. The monoisotopic (exact) mass is 382 g/mol. The average molecular weight is 382 g/mol. The summed E-state index contributed by atoms with van der Waals surface area (Å²) in [7, 11) is 1.53. The Morgan fingerprint density at radius 2 is 1.85 bits per heavy atom. The number of rotatable bonds is 5. The van der Waals surface area contributed by atoms with E-state index in [2.05, 4.69) is 5.32 Å². The number of para-hydroxylation sites is 1. The van der Waals surface area contributed by atoms with Crippen molar-refractivity contribution in [2.24, 2.45) is 0 Å². The first-order chi connectivity index (χ1) is 13.0. The molecule has 0 unspecified atom stereocenters. The molecule has 1 heterocycles. The molecule has 3 rings (SSSR count). The van der Waals surface area contributed by atoms with Gasteiger partial charge in [0.15, 0.2) is 16.6 Å². The summed E-state index contributed by atoms with van der Waals surface area (Å²) in [6.07, 6.45) is 1.51. The number of anilines is 1. The molecule has 6 nitrogen and oxygen atoms in total. The first-order valence-electron chi connectivity index (χ1n) is 8.32. The molecular weight excluding hydrogens is 364 g/mol. The maximum atomic E-state index is 12.9. The SMILES string of the molecule is CCOc1ccc(/C=C2/C(=O)NC(=S)N(c3ccccc3)C2=O)cc1OC. The summed E-state index contributed by atoms with van der Waals surface area (Å²) in [5.41, 5.74) is 1.20. The molecule has 0 spiro atoms. The number of hydrogen-bond donors (Lipinski definition) is 1. The van der Waals surface area contributed by atoms with E-state index in [1.807, 2.05) is 13.0 Å². The highest BCUT2D eigenvalue weighted by atomic mass is 32.1. The summed E-state index contributed by atoms with van der Waals surface area (Å²) in [5, 5.41) is 2.62. The number of nitrogens with zero attached hydrogens (tertiary/aromatic N) is 1. The predicted molar refractivity (Wildman–Crippen MR) is 107 cm³/mol. The summed E-state index contributed by atoms with van der Waals surface area (Å²) >= 11 is 5.18. The number of amides is 2. The Balaban J connectivity index is 1.98. The molecule has 0 bridgehead atoms. The van der Waals surface area contributed by atoms with Crippen molar-refractivity contribution in [1.29, 1.82) is 0 Å². The number of ether oxygens (including phenoxy) is 2. The number of benzene rings is 2. The molecule has 7 heteroatoms. The number of hydrogen-bond acceptors (Lipinski definition) is 5. The van der Waals surface area contributed by atoms with Gasteiger partial charge in [-0.25, -0.2) is 0 Å². The highest BCUT2D eigenvalue weighted by Crippen LogP contribution is 2.29. The van der Waals surface area contributed by atoms with Gasteiger partial charge < -0.3 is 9.47 Å². The lowest BCUT2D eigenvalue weighted by molar-refractivity contribution is -0.122. The first kappa shape index (κ1) is 18.6. The second kappa shape index (κ2) is 8.01. The van der Waals surface area contributed by atoms with Gasteiger partial charge in [0.05, 0.1) is 19.4 Å². The topological polar surface area (TPSA) is 67.9 Å². The summed E-state index contributed by atoms with van der Waals surface area (Å²) in [5.74, 6) is 0.0896. The maximum absolute atomic E-state index is 12.9. The van der Waals surface area contributed by atoms with E-state index in [0.29, 0.717) is 29.4 Å². The van der Waals surface area contributed by atoms with Gasteiger partial charge in [0.1, 0.15) is 5.57 Å². The van der Waals surface area contributed by atoms with E-state index in [1.54, 1.807) is 42.5 Å². The molecule has 0 saturated carbocycles. The summed E-state index contributed by atoms with van der Waals surface area (Å²) in [6.45, 7) is 2.38. The molecule has 1 aliphatic rings. The van der Waals surface area contributed by atoms with Gasteiger partial charge in [-0.05, 0) is 55.0 Å². The van der Waals surface area contributed by atoms with Crippen LogP contribution in [0.2, 0.25) is 0 Å². The van der Waals surface area contributed by atoms with E-state index in [-0.39, 0.29) is 10.7 Å². The van der Waals surface area contributed by atoms with E-state index >= 15 is 0 Å². The molecule has 0 aliphatic carbocycles. The minimum Gasteiger partial charge on any atom is -0.493 e. The summed E-state index contributed by atoms with van der Waals surface area (Å²) < 4.78 is 10.8. The smallest absolute Gasteiger partial charge is 0.270 e. The fourth-order valence-corrected chi connectivity index (χ4v) is 2.97. The van der Waals surface area contributed by atoms with Gasteiger partial charge in [-0.2, -0.15) is 0 Å². The van der Waals surface area contributed by atoms with E-state index in [1.165, 1.54) is 18.1 Å². The Labute approximate surface area is 162 Å². The lowest BCUT2D eigenvalue weighted by Crippen LogP contribution is -2.54. The zero-order valence-electron chi connectivity index (χ0n) is 14.9. The van der Waals surface area contributed by atoms with Gasteiger partial charge in [0.25, 0.3) is 11.8 Å². The number of methoxy groups -OCH3 is 1. The highest BCUT2D eigenvalue weighted by molar-refractivity contribution is 7.80. The van der Waals surface area contributed by atoms with E-state index in [4.69, 9.17) is 21.7 Å². The lowest BCUT2D eigenvalue weighted by Gasteiger charge is -2.28. The van der Waals surface area contributed by atoms with Crippen LogP contribution in [0, 0.1) is 0 Å². The molecule has 2 aromatic rings. The Bertz CT molecular complexity index is 925. The van der Waals surface area contributed by atoms with Crippen LogP contribution in [0.25, 0.3) is 6.08 Å². The van der Waals surface area contributed by atoms with Crippen molar-refractivity contribution in [2.75, 3.05) is 18.6 Å². The molecular formula is C20H18N2O4S. The Hall–Kier alpha value is -3.19. The molecule has 1 aliphatic heterocycles. The van der Waals surface area contributed by atoms with Gasteiger partial charge in [0, 0.05) is 0 Å². The van der Waals surface area contributed by atoms with Gasteiger partial charge in [-0.1, -0.05) is 24.3 Å². The standard InChI is InChI=1S/C20H18N2O4S/c1-3-26-16-10-9-13(12-17(16)25-2)11-15-18(23)21-20(27)22(19(15)24)14-7-5-4-6-8-14/h4-12H,3H2,1-2H3,(H,21,23,27)/b15-11-. The van der Waals surface area contributed by atoms with Crippen molar-refractivity contribution in [3.63, 3.8) is 0 Å². The summed E-state index contributed by atoms with van der Waals surface area (Å²) in [4.78, 5) is 26.6. The van der Waals surface area contributed by atoms with Gasteiger partial charge in [-0.3, -0.25) is 19.8 Å². The van der Waals surface area contributed by atoms with Crippen molar-refractivity contribution in [3.8, 4) is 11.5 Å². The van der Waals surface area contributed by atoms with Crippen LogP contribution < -0.4 is 19.7 Å². The fraction of sp³-hybridized carbons (Fsp3) is 0.150. The molecule has 0 radical (unpaired) electrons. The third-order valence-electron chi connectivity index (χ3n) is 3.91. The van der Waals surface area contributed by atoms with Gasteiger partial charge in [0.2, 0.25) is 0 Å². The number of nitrogens with one attached hydrogen (secondary N) is 1. The van der Waals surface area contributed by atoms with E-state index in [0.717, 1.165) is 0 Å². The molecule has 0 aromatic heterocycles. The molecule has 1 N–H and O–H groups in total. The molecule has 138 valence electrons. The normalized spacial score (nSPS) is 15.7. The van der Waals surface area contributed by atoms with Gasteiger partial charge in [-0.15, -0.1) is 0 Å². The van der Waals surface area contributed by atoms with Crippen LogP contribution in [0.4, 0.5) is 5.69 Å². The molecule has 27 heavy (non-hydrogen) atoms. The Morgan fingerprint density at radius 3 is 2.52 bits per heavy atom. The largest absolute Gasteiger partial charge is 0.493 e. The minimum absolute atomic E-state index is 0.0151. The number of carbonyl (C=O) groups is 2. The second-order valence-corrected chi connectivity index (χ2v) is 6.02. The van der Waals surface area contributed by atoms with Crippen LogP contribution in [-0.4, -0.2) is 30.6 Å². The van der Waals surface area contributed by atoms with Gasteiger partial charge >= 0.3 is 0 Å². The van der Waals surface area contributed by atoms with Crippen molar-refractivity contribution in [3.05, 3.63) is 59.7 Å². The van der Waals surface area contributed by atoms with Crippen LogP contribution in [0.15, 0.2) is 54.1 Å². The molecule has 1 fully saturated rings. The molecule has 2 amide bonds. The highest BCUT2D eigenvalue weighted by Gasteiger charge is 2.34. The van der Waals surface area contributed by atoms with Crippen LogP contribution in [0.1, 0.15) is 12.5 Å². The zero-order valence-corrected chi connectivity index (χ0v) is 15.7. The Morgan fingerprint density at radius 1 is 1.11 bits per heavy atom. The minimum atomic E-state index is -0.537. The third-order valence-corrected chi connectivity index (χ3v) is 4.20. The van der Waals surface area contributed by atoms with Crippen molar-refractivity contribution in [1.82, 2.24) is 5.32 Å². The van der Waals surface area contributed by atoms with Crippen molar-refractivity contribution >= 4 is 40.9 Å². The third kappa shape index (κ3) is 3.83. The van der Waals surface area contributed by atoms with Crippen LogP contribution >= 0.6 is 12.2 Å². The first-order valence-corrected chi connectivity index (χ1v) is 8.73. The van der Waals surface area contributed by atoms with Crippen LogP contribution in [0.5, 0.6) is 11.5 Å².